The number of rotatable bonds is 9. The third-order valence-electron chi connectivity index (χ3n) is 5.23. The summed E-state index contributed by atoms with van der Waals surface area (Å²) >= 11 is 3.03. The molecule has 2 aromatic carbocycles. The van der Waals surface area contributed by atoms with Gasteiger partial charge in [0.1, 0.15) is 16.5 Å². The Morgan fingerprint density at radius 1 is 0.914 bits per heavy atom. The van der Waals surface area contributed by atoms with E-state index >= 15 is 0 Å². The first-order chi connectivity index (χ1) is 17.3. The molecule has 9 heteroatoms. The molecule has 0 aliphatic carbocycles. The molecule has 0 radical (unpaired) electrons. The Kier molecular flexibility index (Phi) is 7.26. The number of nitrogens with one attached hydrogen (secondary N) is 1. The lowest BCUT2D eigenvalue weighted by molar-refractivity contribution is 0.0946. The van der Waals surface area contributed by atoms with Crippen LogP contribution < -0.4 is 5.32 Å². The number of hydrogen-bond acceptors (Lipinski definition) is 7. The Bertz CT molecular complexity index is 1390. The average Bonchev–Trinajstić information content (AvgIpc) is 3.55. The van der Waals surface area contributed by atoms with Gasteiger partial charge in [-0.3, -0.25) is 14.3 Å². The molecule has 5 aromatic rings. The van der Waals surface area contributed by atoms with Gasteiger partial charge in [0.15, 0.2) is 5.16 Å². The standard InChI is InChI=1S/C26H22N6OS2/c33-25(28-16-20-11-13-27-14-12-20)22-17-34-24(29-22)18-35-26-31-30-23(15-19-7-3-1-4-8-19)32(26)21-9-5-2-6-10-21/h1-14,17H,15-16,18H2,(H,28,33). The van der Waals surface area contributed by atoms with Crippen LogP contribution in [-0.4, -0.2) is 30.6 Å². The maximum Gasteiger partial charge on any atom is 0.271 e. The van der Waals surface area contributed by atoms with Gasteiger partial charge >= 0.3 is 0 Å². The molecule has 3 heterocycles. The molecule has 7 nitrogen and oxygen atoms in total. The Morgan fingerprint density at radius 3 is 2.43 bits per heavy atom. The number of carbonyl (C=O) groups is 1. The van der Waals surface area contributed by atoms with E-state index in [1.165, 1.54) is 16.9 Å². The van der Waals surface area contributed by atoms with E-state index in [9.17, 15) is 4.79 Å². The lowest BCUT2D eigenvalue weighted by Crippen LogP contribution is -2.23. The second-order valence-corrected chi connectivity index (χ2v) is 9.57. The number of hydrogen-bond donors (Lipinski definition) is 1. The molecule has 174 valence electrons. The largest absolute Gasteiger partial charge is 0.347 e. The van der Waals surface area contributed by atoms with Crippen molar-refractivity contribution < 1.29 is 4.79 Å². The molecule has 3 aromatic heterocycles. The van der Waals surface area contributed by atoms with Crippen LogP contribution in [-0.2, 0) is 18.7 Å². The van der Waals surface area contributed by atoms with Gasteiger partial charge in [-0.15, -0.1) is 21.5 Å². The third kappa shape index (κ3) is 5.82. The first-order valence-corrected chi connectivity index (χ1v) is 12.9. The maximum atomic E-state index is 12.5. The zero-order valence-corrected chi connectivity index (χ0v) is 20.4. The van der Waals surface area contributed by atoms with Gasteiger partial charge in [0.05, 0.1) is 5.75 Å². The highest BCUT2D eigenvalue weighted by atomic mass is 32.2. The minimum Gasteiger partial charge on any atom is -0.347 e. The summed E-state index contributed by atoms with van der Waals surface area (Å²) < 4.78 is 2.09. The van der Waals surface area contributed by atoms with E-state index in [4.69, 9.17) is 0 Å². The second-order valence-electron chi connectivity index (χ2n) is 7.69. The monoisotopic (exact) mass is 498 g/mol. The molecule has 35 heavy (non-hydrogen) atoms. The molecule has 5 rings (SSSR count). The number of para-hydroxylation sites is 1. The highest BCUT2D eigenvalue weighted by Crippen LogP contribution is 2.27. The van der Waals surface area contributed by atoms with Gasteiger partial charge in [-0.1, -0.05) is 60.3 Å². The SMILES string of the molecule is O=C(NCc1ccncc1)c1csc(CSc2nnc(Cc3ccccc3)n2-c2ccccc2)n1. The van der Waals surface area contributed by atoms with Gasteiger partial charge < -0.3 is 5.32 Å². The normalized spacial score (nSPS) is 10.9. The predicted octanol–water partition coefficient (Wildman–Crippen LogP) is 4.93. The maximum absolute atomic E-state index is 12.5. The van der Waals surface area contributed by atoms with E-state index in [0.717, 1.165) is 27.2 Å². The Hall–Kier alpha value is -3.82. The molecule has 1 N–H and O–H groups in total. The van der Waals surface area contributed by atoms with Crippen LogP contribution in [0.15, 0.2) is 95.7 Å². The van der Waals surface area contributed by atoms with E-state index in [2.05, 4.69) is 54.3 Å². The lowest BCUT2D eigenvalue weighted by atomic mass is 10.1. The quantitative estimate of drug-likeness (QED) is 0.290. The first-order valence-electron chi connectivity index (χ1n) is 11.0. The summed E-state index contributed by atoms with van der Waals surface area (Å²) in [7, 11) is 0. The van der Waals surface area contributed by atoms with Crippen molar-refractivity contribution >= 4 is 29.0 Å². The number of aromatic nitrogens is 5. The molecule has 0 bridgehead atoms. The van der Waals surface area contributed by atoms with Crippen molar-refractivity contribution in [3.63, 3.8) is 0 Å². The molecule has 0 saturated heterocycles. The minimum atomic E-state index is -0.188. The van der Waals surface area contributed by atoms with E-state index in [-0.39, 0.29) is 5.91 Å². The van der Waals surface area contributed by atoms with E-state index < -0.39 is 0 Å². The average molecular weight is 499 g/mol. The van der Waals surface area contributed by atoms with Crippen molar-refractivity contribution in [2.24, 2.45) is 0 Å². The van der Waals surface area contributed by atoms with Crippen LogP contribution >= 0.6 is 23.1 Å². The number of carbonyl (C=O) groups excluding carboxylic acids is 1. The van der Waals surface area contributed by atoms with Gasteiger partial charge in [0.25, 0.3) is 5.91 Å². The fourth-order valence-corrected chi connectivity index (χ4v) is 5.27. The van der Waals surface area contributed by atoms with Crippen molar-refractivity contribution in [3.05, 3.63) is 118 Å². The molecule has 0 atom stereocenters. The smallest absolute Gasteiger partial charge is 0.271 e. The highest BCUT2D eigenvalue weighted by molar-refractivity contribution is 7.98. The fraction of sp³-hybridized carbons (Fsp3) is 0.115. The van der Waals surface area contributed by atoms with Crippen LogP contribution in [0, 0.1) is 0 Å². The Labute approximate surface area is 211 Å². The first kappa shape index (κ1) is 22.9. The summed E-state index contributed by atoms with van der Waals surface area (Å²) in [4.78, 5) is 21.0. The summed E-state index contributed by atoms with van der Waals surface area (Å²) in [6, 6.07) is 24.1. The van der Waals surface area contributed by atoms with E-state index in [1.54, 1.807) is 29.5 Å². The summed E-state index contributed by atoms with van der Waals surface area (Å²) in [6.07, 6.45) is 4.10. The number of amides is 1. The zero-order chi connectivity index (χ0) is 23.9. The van der Waals surface area contributed by atoms with E-state index in [1.807, 2.05) is 48.5 Å². The number of thioether (sulfide) groups is 1. The van der Waals surface area contributed by atoms with Crippen molar-refractivity contribution in [3.8, 4) is 5.69 Å². The Balaban J connectivity index is 1.28. The topological polar surface area (TPSA) is 85.6 Å². The molecule has 0 spiro atoms. The van der Waals surface area contributed by atoms with Crippen molar-refractivity contribution in [1.29, 1.82) is 0 Å². The molecule has 1 amide bonds. The van der Waals surface area contributed by atoms with Crippen LogP contribution in [0.1, 0.15) is 32.4 Å². The number of nitrogens with zero attached hydrogens (tertiary/aromatic N) is 5. The van der Waals surface area contributed by atoms with Gasteiger partial charge in [-0.2, -0.15) is 0 Å². The molecule has 0 saturated carbocycles. The van der Waals surface area contributed by atoms with Gasteiger partial charge in [-0.05, 0) is 35.4 Å². The van der Waals surface area contributed by atoms with E-state index in [0.29, 0.717) is 24.4 Å². The summed E-state index contributed by atoms with van der Waals surface area (Å²) in [5.41, 5.74) is 3.61. The summed E-state index contributed by atoms with van der Waals surface area (Å²) in [6.45, 7) is 0.438. The molecule has 0 fully saturated rings. The van der Waals surface area contributed by atoms with Crippen LogP contribution in [0.4, 0.5) is 0 Å². The molecular weight excluding hydrogens is 476 g/mol. The molecule has 0 aliphatic heterocycles. The van der Waals surface area contributed by atoms with Crippen LogP contribution in [0.3, 0.4) is 0 Å². The molecular formula is C26H22N6OS2. The van der Waals surface area contributed by atoms with Crippen LogP contribution in [0.5, 0.6) is 0 Å². The Morgan fingerprint density at radius 2 is 1.66 bits per heavy atom. The minimum absolute atomic E-state index is 0.188. The van der Waals surface area contributed by atoms with Gasteiger partial charge in [0, 0.05) is 36.4 Å². The summed E-state index contributed by atoms with van der Waals surface area (Å²) in [5.74, 6) is 1.28. The van der Waals surface area contributed by atoms with Crippen molar-refractivity contribution in [2.75, 3.05) is 0 Å². The van der Waals surface area contributed by atoms with Crippen molar-refractivity contribution in [1.82, 2.24) is 30.0 Å². The van der Waals surface area contributed by atoms with Crippen LogP contribution in [0.2, 0.25) is 0 Å². The number of thiazole rings is 1. The van der Waals surface area contributed by atoms with Crippen molar-refractivity contribution in [2.45, 2.75) is 23.9 Å². The number of benzene rings is 2. The van der Waals surface area contributed by atoms with Crippen LogP contribution in [0.25, 0.3) is 5.69 Å². The highest BCUT2D eigenvalue weighted by Gasteiger charge is 2.17. The molecule has 0 aliphatic rings. The van der Waals surface area contributed by atoms with Gasteiger partial charge in [-0.25, -0.2) is 4.98 Å². The van der Waals surface area contributed by atoms with Gasteiger partial charge in [0.2, 0.25) is 0 Å². The predicted molar refractivity (Wildman–Crippen MR) is 138 cm³/mol. The summed E-state index contributed by atoms with van der Waals surface area (Å²) in [5, 5.41) is 15.3. The fourth-order valence-electron chi connectivity index (χ4n) is 3.50. The second kappa shape index (κ2) is 11.1. The third-order valence-corrected chi connectivity index (χ3v) is 7.20. The lowest BCUT2D eigenvalue weighted by Gasteiger charge is -2.10. The number of pyridine rings is 1. The zero-order valence-electron chi connectivity index (χ0n) is 18.7. The molecule has 0 unspecified atom stereocenters.